The van der Waals surface area contributed by atoms with Crippen LogP contribution >= 0.6 is 75.0 Å². The van der Waals surface area contributed by atoms with Crippen molar-refractivity contribution in [2.24, 2.45) is 23.5 Å². The maximum Gasteiger partial charge on any atom is 0.229 e. The molecule has 140 heavy (non-hydrogen) atoms. The van der Waals surface area contributed by atoms with Crippen molar-refractivity contribution in [2.45, 2.75) is 86.3 Å². The molecule has 4 fully saturated rings. The Hall–Kier alpha value is -10.5. The quantitative estimate of drug-likeness (QED) is 0.0149. The summed E-state index contributed by atoms with van der Waals surface area (Å²) in [4.78, 5) is 57.3. The molecule has 4 aromatic heterocycles. The molecule has 0 spiro atoms. The molecule has 2 aliphatic carbocycles. The van der Waals surface area contributed by atoms with Crippen molar-refractivity contribution in [1.82, 2.24) is 54.6 Å². The first kappa shape index (κ1) is 107. The SMILES string of the molecule is COc1cc(P(C)(C)=O)ccc1Nc1ncc(Cl)c(Nc2ccccc2S(=O)(=O)C(C)C)n1.COc1cc(P(C)(C)=O)ccc1Nc1ncc(Cl)c(Nc2ccccc2S(=O)(=O)C(C)C)n1.COc1cc(P2(=O)CCN(C)CC2)ccc1Nc1ncc(Cl)c(N[C@H]2C3C=CC(C3)[C@H]2C(N)=O)n1.Cc1cc(N2CCC(N3CCN(C)CC3)CC2)ccc1Nc1ncc(Cl)c(Nc2ccc(P(C)(C)=O)cc2)n1. The predicted molar refractivity (Wildman–Crippen MR) is 572 cm³/mol. The van der Waals surface area contributed by atoms with Gasteiger partial charge in [-0.3, -0.25) is 9.69 Å². The van der Waals surface area contributed by atoms with E-state index < -0.39 is 58.7 Å². The maximum atomic E-state index is 13.5. The van der Waals surface area contributed by atoms with Crippen molar-refractivity contribution in [3.8, 4) is 17.2 Å². The van der Waals surface area contributed by atoms with Gasteiger partial charge in [-0.1, -0.05) is 82.8 Å². The molecular weight excluding hydrogens is 1980 g/mol. The molecule has 7 heterocycles. The van der Waals surface area contributed by atoms with Gasteiger partial charge in [0.15, 0.2) is 42.9 Å². The lowest BCUT2D eigenvalue weighted by atomic mass is 9.88. The van der Waals surface area contributed by atoms with Gasteiger partial charge < -0.3 is 95.4 Å². The highest BCUT2D eigenvalue weighted by Crippen LogP contribution is 2.50. The number of allylic oxidation sites excluding steroid dienone is 1. The van der Waals surface area contributed by atoms with Crippen LogP contribution in [0.25, 0.3) is 0 Å². The van der Waals surface area contributed by atoms with E-state index in [4.69, 9.17) is 66.3 Å². The average molecular weight is 2100 g/mol. The second-order valence-corrected chi connectivity index (χ2v) is 56.0. The number of aromatic nitrogens is 8. The molecule has 3 saturated heterocycles. The average Bonchev–Trinajstić information content (AvgIpc) is 1.82. The number of nitrogens with one attached hydrogen (secondary N) is 8. The molecule has 2 unspecified atom stereocenters. The summed E-state index contributed by atoms with van der Waals surface area (Å²) in [5, 5.41) is 28.4. The summed E-state index contributed by atoms with van der Waals surface area (Å²) in [5.41, 5.74) is 12.4. The second-order valence-electron chi connectivity index (χ2n) is 36.6. The van der Waals surface area contributed by atoms with Crippen LogP contribution in [0.15, 0.2) is 192 Å². The molecule has 4 atom stereocenters. The third-order valence-electron chi connectivity index (χ3n) is 25.0. The van der Waals surface area contributed by atoms with E-state index in [0.29, 0.717) is 108 Å². The summed E-state index contributed by atoms with van der Waals surface area (Å²) < 4.78 is 118. The highest BCUT2D eigenvalue weighted by Gasteiger charge is 2.48. The number of halogens is 4. The molecule has 1 amide bonds. The number of anilines is 16. The van der Waals surface area contributed by atoms with Crippen LogP contribution in [0.5, 0.6) is 17.2 Å². The maximum absolute atomic E-state index is 13.5. The second kappa shape index (κ2) is 45.8. The number of piperidine rings is 1. The summed E-state index contributed by atoms with van der Waals surface area (Å²) in [6, 6.07) is 43.8. The number of sulfone groups is 2. The van der Waals surface area contributed by atoms with E-state index in [-0.39, 0.29) is 73.1 Å². The molecule has 0 radical (unpaired) electrons. The molecule has 43 heteroatoms. The van der Waals surface area contributed by atoms with E-state index in [0.717, 1.165) is 60.1 Å². The fraction of sp³-hybridized carbons (Fsp3) is 0.371. The van der Waals surface area contributed by atoms with Gasteiger partial charge in [0.1, 0.15) is 65.9 Å². The highest BCUT2D eigenvalue weighted by molar-refractivity contribution is 7.92. The Morgan fingerprint density at radius 3 is 1.29 bits per heavy atom. The zero-order valence-corrected chi connectivity index (χ0v) is 89.2. The van der Waals surface area contributed by atoms with Gasteiger partial charge in [0, 0.05) is 115 Å². The molecular formula is C97H121Cl4N21O12P4S2. The molecule has 1 saturated carbocycles. The Kier molecular flexibility index (Phi) is 35.0. The molecule has 2 bridgehead atoms. The Labute approximate surface area is 839 Å². The number of rotatable bonds is 30. The summed E-state index contributed by atoms with van der Waals surface area (Å²) in [6.45, 7) is 27.5. The van der Waals surface area contributed by atoms with Gasteiger partial charge in [-0.2, -0.15) is 19.9 Å². The molecule has 5 aliphatic rings. The lowest BCUT2D eigenvalue weighted by Crippen LogP contribution is -2.52. The minimum absolute atomic E-state index is 0.146. The third-order valence-corrected chi connectivity index (χ3v) is 38.2. The van der Waals surface area contributed by atoms with Crippen LogP contribution in [0.2, 0.25) is 20.1 Å². The number of benzene rings is 7. The van der Waals surface area contributed by atoms with Gasteiger partial charge in [0.05, 0.1) is 101 Å². The number of carbonyl (C=O) groups is 1. The number of aryl methyl sites for hydroxylation is 1. The number of nitrogens with two attached hydrogens (primary N) is 1. The largest absolute Gasteiger partial charge is 0.495 e. The normalized spacial score (nSPS) is 17.4. The van der Waals surface area contributed by atoms with Crippen molar-refractivity contribution >= 4 is 214 Å². The predicted octanol–water partition coefficient (Wildman–Crippen LogP) is 18.4. The van der Waals surface area contributed by atoms with Crippen LogP contribution < -0.4 is 88.6 Å². The molecule has 10 N–H and O–H groups in total. The number of ether oxygens (including phenoxy) is 3. The summed E-state index contributed by atoms with van der Waals surface area (Å²) in [6.07, 6.45) is 14.8. The number of nitrogens with zero attached hydrogens (tertiary/aromatic N) is 12. The standard InChI is InChI=1S/C29H39ClN7OP.C24H30ClN6O3P.2C22H26ClN4O4PS/c1-21-19-24(36-13-11-23(12-14-36)37-17-15-35(2)16-18-37)7-10-27(21)33-29-31-20-26(30)28(34-29)32-22-5-8-25(9-6-22)39(3,4)38;1-31-7-9-35(33,10-8-31)16-5-6-18(19(12-16)34-2)28-24-27-13-17(25)23(30-24)29-21-15-4-3-14(11-15)20(21)22(26)32;2*1-14(2)33(29,30)20-9-7-6-8-18(20)25-21-16(23)13-24-22(27-21)26-17-11-10-15(32(4,5)28)12-19(17)31-3/h5-10,19-20,23H,11-18H2,1-4H3,(H2,31,32,33,34);3-6,12-15,20-21H,7-11H2,1-2H3,(H2,26,32)(H2,27,28,29,30);2*6-14H,1-5H3,(H2,24,25,26,27)/t;14?,15?,20-,21+;;/m.1../s1. The number of likely N-dealkylation sites (N-methyl/N-ethyl adjacent to an activating group) is 1. The van der Waals surface area contributed by atoms with E-state index in [2.05, 4.69) is 146 Å². The number of methoxy groups -OCH3 is 3. The first-order valence-corrected chi connectivity index (χ1v) is 60.0. The smallest absolute Gasteiger partial charge is 0.229 e. The minimum Gasteiger partial charge on any atom is -0.495 e. The van der Waals surface area contributed by atoms with Crippen molar-refractivity contribution in [3.63, 3.8) is 0 Å². The van der Waals surface area contributed by atoms with Gasteiger partial charge in [-0.15, -0.1) is 0 Å². The molecule has 3 aliphatic heterocycles. The van der Waals surface area contributed by atoms with Crippen LogP contribution in [0.1, 0.15) is 52.5 Å². The van der Waals surface area contributed by atoms with Crippen molar-refractivity contribution in [1.29, 1.82) is 0 Å². The Balaban J connectivity index is 0.000000158. The third kappa shape index (κ3) is 26.7. The zero-order chi connectivity index (χ0) is 101. The van der Waals surface area contributed by atoms with Crippen LogP contribution in [-0.4, -0.2) is 240 Å². The highest BCUT2D eigenvalue weighted by atomic mass is 35.5. The zero-order valence-electron chi connectivity index (χ0n) is 81.0. The number of amides is 1. The minimum atomic E-state index is -3.53. The van der Waals surface area contributed by atoms with Gasteiger partial charge in [-0.25, -0.2) is 36.8 Å². The lowest BCUT2D eigenvalue weighted by Gasteiger charge is -2.42. The number of hydrogen-bond donors (Lipinski definition) is 9. The van der Waals surface area contributed by atoms with Gasteiger partial charge in [0.2, 0.25) is 29.7 Å². The first-order valence-electron chi connectivity index (χ1n) is 45.5. The number of fused-ring (bicyclic) bond motifs is 2. The Morgan fingerprint density at radius 1 is 0.464 bits per heavy atom. The fourth-order valence-corrected chi connectivity index (χ4v) is 25.0. The van der Waals surface area contributed by atoms with Crippen LogP contribution in [-0.2, 0) is 42.7 Å². The van der Waals surface area contributed by atoms with E-state index in [1.807, 2.05) is 49.5 Å². The van der Waals surface area contributed by atoms with Crippen molar-refractivity contribution in [2.75, 3.05) is 188 Å². The fourth-order valence-electron chi connectivity index (χ4n) is 16.6. The lowest BCUT2D eigenvalue weighted by molar-refractivity contribution is -0.122. The monoisotopic (exact) mass is 2100 g/mol. The van der Waals surface area contributed by atoms with Crippen LogP contribution in [0, 0.1) is 24.7 Å². The number of primary amides is 1. The van der Waals surface area contributed by atoms with Crippen LogP contribution in [0.4, 0.5) is 92.6 Å². The van der Waals surface area contributed by atoms with Crippen LogP contribution in [0.3, 0.4) is 0 Å². The number of para-hydroxylation sites is 2. The van der Waals surface area contributed by atoms with Gasteiger partial charge in [0.25, 0.3) is 0 Å². The summed E-state index contributed by atoms with van der Waals surface area (Å²) in [5.74, 6) is 3.90. The molecule has 33 nitrogen and oxygen atoms in total. The van der Waals surface area contributed by atoms with Crippen molar-refractivity contribution in [3.05, 3.63) is 208 Å². The Bertz CT molecular complexity index is 6600. The first-order chi connectivity index (χ1) is 66.3. The van der Waals surface area contributed by atoms with Gasteiger partial charge >= 0.3 is 0 Å². The summed E-state index contributed by atoms with van der Waals surface area (Å²) in [7, 11) is -7.84. The molecule has 7 aromatic carbocycles. The van der Waals surface area contributed by atoms with Gasteiger partial charge in [-0.05, 0) is 247 Å². The Morgan fingerprint density at radius 2 is 0.857 bits per heavy atom. The van der Waals surface area contributed by atoms with Crippen molar-refractivity contribution < 1.29 is 54.1 Å². The molecule has 16 rings (SSSR count). The summed E-state index contributed by atoms with van der Waals surface area (Å²) >= 11 is 25.4. The topological polar surface area (TPSA) is 420 Å². The number of carbonyl (C=O) groups excluding carboxylic acids is 1. The number of hydrogen-bond acceptors (Lipinski definition) is 32. The van der Waals surface area contributed by atoms with E-state index >= 15 is 0 Å². The molecule has 11 aromatic rings. The van der Waals surface area contributed by atoms with E-state index in [1.165, 1.54) is 77.5 Å². The van der Waals surface area contributed by atoms with E-state index in [1.54, 1.807) is 166 Å². The molecule has 746 valence electrons. The van der Waals surface area contributed by atoms with E-state index in [9.17, 15) is 39.9 Å². The number of piperazine rings is 1.